The molecule has 110 valence electrons. The first-order chi connectivity index (χ1) is 10.1. The van der Waals surface area contributed by atoms with Gasteiger partial charge in [-0.2, -0.15) is 0 Å². The molecular weight excluding hydrogens is 390 g/mol. The SMILES string of the molecule is BrC1(Br)C[C@@H]1CN(Cc1ccccc1)Cc1ccccc1. The number of hydrogen-bond acceptors (Lipinski definition) is 1. The fraction of sp³-hybridized carbons (Fsp3) is 0.333. The van der Waals surface area contributed by atoms with Crippen LogP contribution in [0.3, 0.4) is 0 Å². The molecule has 0 aliphatic heterocycles. The summed E-state index contributed by atoms with van der Waals surface area (Å²) in [5, 5.41) is 0. The van der Waals surface area contributed by atoms with Crippen LogP contribution in [-0.2, 0) is 13.1 Å². The summed E-state index contributed by atoms with van der Waals surface area (Å²) in [6, 6.07) is 21.5. The highest BCUT2D eigenvalue weighted by Gasteiger charge is 2.50. The maximum atomic E-state index is 3.74. The Morgan fingerprint density at radius 3 is 1.67 bits per heavy atom. The zero-order chi connectivity index (χ0) is 14.7. The molecule has 3 rings (SSSR count). The molecule has 0 heterocycles. The minimum atomic E-state index is 0.172. The topological polar surface area (TPSA) is 3.24 Å². The third-order valence-corrected chi connectivity index (χ3v) is 5.87. The van der Waals surface area contributed by atoms with Crippen LogP contribution in [0.1, 0.15) is 17.5 Å². The van der Waals surface area contributed by atoms with Gasteiger partial charge in [0.25, 0.3) is 0 Å². The Morgan fingerprint density at radius 2 is 1.29 bits per heavy atom. The highest BCUT2D eigenvalue weighted by atomic mass is 79.9. The van der Waals surface area contributed by atoms with Crippen molar-refractivity contribution < 1.29 is 0 Å². The van der Waals surface area contributed by atoms with Crippen molar-refractivity contribution in [1.29, 1.82) is 0 Å². The van der Waals surface area contributed by atoms with Gasteiger partial charge in [0.2, 0.25) is 0 Å². The summed E-state index contributed by atoms with van der Waals surface area (Å²) in [7, 11) is 0. The Labute approximate surface area is 143 Å². The summed E-state index contributed by atoms with van der Waals surface area (Å²) >= 11 is 7.48. The quantitative estimate of drug-likeness (QED) is 0.594. The van der Waals surface area contributed by atoms with Crippen molar-refractivity contribution in [3.8, 4) is 0 Å². The lowest BCUT2D eigenvalue weighted by Crippen LogP contribution is -2.26. The third kappa shape index (κ3) is 4.41. The Kier molecular flexibility index (Phi) is 4.82. The second-order valence-electron chi connectivity index (χ2n) is 5.80. The lowest BCUT2D eigenvalue weighted by atomic mass is 10.1. The molecule has 3 heteroatoms. The molecule has 1 aliphatic rings. The van der Waals surface area contributed by atoms with Crippen LogP contribution in [0.2, 0.25) is 0 Å². The molecule has 0 spiro atoms. The Balaban J connectivity index is 1.68. The van der Waals surface area contributed by atoms with E-state index in [2.05, 4.69) is 97.4 Å². The highest BCUT2D eigenvalue weighted by molar-refractivity contribution is 9.25. The molecule has 1 nitrogen and oxygen atoms in total. The van der Waals surface area contributed by atoms with Crippen LogP contribution < -0.4 is 0 Å². The van der Waals surface area contributed by atoms with Crippen LogP contribution in [0.25, 0.3) is 0 Å². The second kappa shape index (κ2) is 6.64. The molecule has 2 aromatic carbocycles. The largest absolute Gasteiger partial charge is 0.294 e. The highest BCUT2D eigenvalue weighted by Crippen LogP contribution is 2.56. The summed E-state index contributed by atoms with van der Waals surface area (Å²) in [6.45, 7) is 3.12. The fourth-order valence-electron chi connectivity index (χ4n) is 2.65. The first kappa shape index (κ1) is 15.3. The zero-order valence-corrected chi connectivity index (χ0v) is 15.1. The summed E-state index contributed by atoms with van der Waals surface area (Å²) in [5.74, 6) is 0.685. The molecule has 0 amide bonds. The van der Waals surface area contributed by atoms with Gasteiger partial charge in [-0.25, -0.2) is 0 Å². The summed E-state index contributed by atoms with van der Waals surface area (Å²) in [4.78, 5) is 2.54. The molecular formula is C18H19Br2N. The predicted molar refractivity (Wildman–Crippen MR) is 95.7 cm³/mol. The molecule has 1 aliphatic carbocycles. The Morgan fingerprint density at radius 1 is 0.857 bits per heavy atom. The summed E-state index contributed by atoms with van der Waals surface area (Å²) in [6.07, 6.45) is 1.20. The van der Waals surface area contributed by atoms with E-state index < -0.39 is 0 Å². The van der Waals surface area contributed by atoms with Gasteiger partial charge < -0.3 is 0 Å². The van der Waals surface area contributed by atoms with Gasteiger partial charge in [0.15, 0.2) is 0 Å². The van der Waals surface area contributed by atoms with Crippen LogP contribution in [0.15, 0.2) is 60.7 Å². The van der Waals surface area contributed by atoms with Crippen molar-refractivity contribution in [2.75, 3.05) is 6.54 Å². The average molecular weight is 409 g/mol. The molecule has 1 atom stereocenters. The number of rotatable bonds is 6. The van der Waals surface area contributed by atoms with Gasteiger partial charge in [-0.1, -0.05) is 92.5 Å². The minimum Gasteiger partial charge on any atom is -0.294 e. The molecule has 0 N–H and O–H groups in total. The maximum Gasteiger partial charge on any atom is 0.0850 e. The number of hydrogen-bond donors (Lipinski definition) is 0. The summed E-state index contributed by atoms with van der Waals surface area (Å²) < 4.78 is 0.172. The van der Waals surface area contributed by atoms with Crippen LogP contribution in [0.4, 0.5) is 0 Å². The molecule has 0 bridgehead atoms. The zero-order valence-electron chi connectivity index (χ0n) is 11.9. The standard InChI is InChI=1S/C18H19Br2N/c19-18(20)11-17(18)14-21(12-15-7-3-1-4-8-15)13-16-9-5-2-6-10-16/h1-10,17H,11-14H2/t17-/m1/s1. The maximum absolute atomic E-state index is 3.74. The van der Waals surface area contributed by atoms with E-state index in [0.29, 0.717) is 5.92 Å². The van der Waals surface area contributed by atoms with E-state index in [1.165, 1.54) is 17.5 Å². The van der Waals surface area contributed by atoms with Gasteiger partial charge in [0.05, 0.1) is 3.23 Å². The molecule has 1 saturated carbocycles. The lowest BCUT2D eigenvalue weighted by molar-refractivity contribution is 0.246. The molecule has 0 aromatic heterocycles. The molecule has 21 heavy (non-hydrogen) atoms. The Bertz CT molecular complexity index is 527. The van der Waals surface area contributed by atoms with E-state index in [4.69, 9.17) is 0 Å². The van der Waals surface area contributed by atoms with Crippen molar-refractivity contribution in [2.45, 2.75) is 22.7 Å². The number of alkyl halides is 2. The molecule has 1 fully saturated rings. The van der Waals surface area contributed by atoms with E-state index in [0.717, 1.165) is 19.6 Å². The smallest absolute Gasteiger partial charge is 0.0850 e. The van der Waals surface area contributed by atoms with E-state index in [-0.39, 0.29) is 3.23 Å². The number of benzene rings is 2. The number of nitrogens with zero attached hydrogens (tertiary/aromatic N) is 1. The fourth-order valence-corrected chi connectivity index (χ4v) is 3.72. The molecule has 2 aromatic rings. The van der Waals surface area contributed by atoms with Gasteiger partial charge in [0.1, 0.15) is 0 Å². The van der Waals surface area contributed by atoms with Gasteiger partial charge in [-0.05, 0) is 23.5 Å². The molecule has 0 saturated heterocycles. The first-order valence-electron chi connectivity index (χ1n) is 7.31. The van der Waals surface area contributed by atoms with E-state index in [9.17, 15) is 0 Å². The average Bonchev–Trinajstić information content (AvgIpc) is 3.07. The van der Waals surface area contributed by atoms with Crippen molar-refractivity contribution in [3.05, 3.63) is 71.8 Å². The van der Waals surface area contributed by atoms with Gasteiger partial charge in [-0.3, -0.25) is 4.90 Å². The van der Waals surface area contributed by atoms with Crippen LogP contribution >= 0.6 is 31.9 Å². The van der Waals surface area contributed by atoms with E-state index in [1.54, 1.807) is 0 Å². The lowest BCUT2D eigenvalue weighted by Gasteiger charge is -2.23. The summed E-state index contributed by atoms with van der Waals surface area (Å²) in [5.41, 5.74) is 2.76. The van der Waals surface area contributed by atoms with Crippen molar-refractivity contribution in [1.82, 2.24) is 4.90 Å². The first-order valence-corrected chi connectivity index (χ1v) is 8.90. The van der Waals surface area contributed by atoms with Gasteiger partial charge in [0, 0.05) is 19.6 Å². The second-order valence-corrected chi connectivity index (χ2v) is 9.70. The van der Waals surface area contributed by atoms with Gasteiger partial charge in [-0.15, -0.1) is 0 Å². The Hall–Kier alpha value is -0.640. The van der Waals surface area contributed by atoms with Crippen LogP contribution in [0.5, 0.6) is 0 Å². The predicted octanol–water partition coefficient (Wildman–Crippen LogP) is 5.19. The van der Waals surface area contributed by atoms with Gasteiger partial charge >= 0.3 is 0 Å². The van der Waals surface area contributed by atoms with Crippen molar-refractivity contribution >= 4 is 31.9 Å². The number of halogens is 2. The monoisotopic (exact) mass is 407 g/mol. The van der Waals surface area contributed by atoms with Crippen LogP contribution in [0, 0.1) is 5.92 Å². The van der Waals surface area contributed by atoms with Crippen molar-refractivity contribution in [2.24, 2.45) is 5.92 Å². The third-order valence-electron chi connectivity index (χ3n) is 3.93. The molecule has 0 unspecified atom stereocenters. The van der Waals surface area contributed by atoms with Crippen molar-refractivity contribution in [3.63, 3.8) is 0 Å². The van der Waals surface area contributed by atoms with E-state index in [1.807, 2.05) is 0 Å². The normalized spacial score (nSPS) is 19.7. The minimum absolute atomic E-state index is 0.172. The molecule has 0 radical (unpaired) electrons. The van der Waals surface area contributed by atoms with Crippen LogP contribution in [-0.4, -0.2) is 14.7 Å². The van der Waals surface area contributed by atoms with E-state index >= 15 is 0 Å².